The summed E-state index contributed by atoms with van der Waals surface area (Å²) in [6.45, 7) is 2.23. The summed E-state index contributed by atoms with van der Waals surface area (Å²) in [7, 11) is 0. The van der Waals surface area contributed by atoms with Gasteiger partial charge in [-0.2, -0.15) is 0 Å². The fourth-order valence-electron chi connectivity index (χ4n) is 1.24. The molecule has 1 aromatic rings. The third-order valence-corrected chi connectivity index (χ3v) is 2.09. The summed E-state index contributed by atoms with van der Waals surface area (Å²) in [4.78, 5) is 32.8. The van der Waals surface area contributed by atoms with E-state index in [4.69, 9.17) is 0 Å². The Morgan fingerprint density at radius 1 is 1.28 bits per heavy atom. The number of nitro benzene ring substituents is 1. The van der Waals surface area contributed by atoms with Crippen LogP contribution in [0.5, 0.6) is 0 Å². The first kappa shape index (κ1) is 13.6. The third-order valence-electron chi connectivity index (χ3n) is 2.09. The average molecular weight is 251 g/mol. The number of nitrogens with zero attached hydrogens (tertiary/aromatic N) is 1. The zero-order chi connectivity index (χ0) is 13.5. The predicted molar refractivity (Wildman–Crippen MR) is 65.0 cm³/mol. The van der Waals surface area contributed by atoms with Gasteiger partial charge in [0.1, 0.15) is 5.69 Å². The fourth-order valence-corrected chi connectivity index (χ4v) is 1.24. The Labute approximate surface area is 103 Å². The van der Waals surface area contributed by atoms with Crippen molar-refractivity contribution < 1.29 is 14.5 Å². The van der Waals surface area contributed by atoms with Crippen molar-refractivity contribution in [3.8, 4) is 0 Å². The Balaban J connectivity index is 2.76. The molecule has 0 fully saturated rings. The van der Waals surface area contributed by atoms with Gasteiger partial charge in [0.15, 0.2) is 0 Å². The van der Waals surface area contributed by atoms with Crippen LogP contribution in [0.2, 0.25) is 0 Å². The number of carbonyl (C=O) groups excluding carboxylic acids is 2. The molecule has 2 N–H and O–H groups in total. The van der Waals surface area contributed by atoms with Gasteiger partial charge in [0.25, 0.3) is 5.69 Å². The molecule has 2 amide bonds. The zero-order valence-electron chi connectivity index (χ0n) is 9.80. The summed E-state index contributed by atoms with van der Waals surface area (Å²) in [5, 5.41) is 15.3. The molecule has 0 aliphatic rings. The van der Waals surface area contributed by atoms with E-state index < -0.39 is 16.7 Å². The van der Waals surface area contributed by atoms with Crippen molar-refractivity contribution in [1.29, 1.82) is 0 Å². The topological polar surface area (TPSA) is 101 Å². The highest BCUT2D eigenvalue weighted by Crippen LogP contribution is 2.22. The molecule has 0 unspecified atom stereocenters. The molecule has 0 atom stereocenters. The summed E-state index contributed by atoms with van der Waals surface area (Å²) < 4.78 is 0. The van der Waals surface area contributed by atoms with Crippen molar-refractivity contribution in [3.05, 3.63) is 34.4 Å². The molecule has 7 heteroatoms. The first-order chi connectivity index (χ1) is 8.56. The number of carbonyl (C=O) groups is 2. The van der Waals surface area contributed by atoms with Gasteiger partial charge in [-0.05, 0) is 12.5 Å². The Morgan fingerprint density at radius 3 is 2.56 bits per heavy atom. The molecule has 0 saturated carbocycles. The van der Waals surface area contributed by atoms with Crippen LogP contribution in [0.3, 0.4) is 0 Å². The third kappa shape index (κ3) is 3.55. The predicted octanol–water partition coefficient (Wildman–Crippen LogP) is 1.06. The molecule has 0 spiro atoms. The number of nitrogens with one attached hydrogen (secondary N) is 2. The van der Waals surface area contributed by atoms with Crippen LogP contribution in [0.1, 0.15) is 13.3 Å². The van der Waals surface area contributed by atoms with Crippen LogP contribution in [-0.2, 0) is 9.59 Å². The zero-order valence-corrected chi connectivity index (χ0v) is 9.80. The number of hydrogen-bond acceptors (Lipinski definition) is 4. The molecule has 0 heterocycles. The van der Waals surface area contributed by atoms with Crippen molar-refractivity contribution >= 4 is 23.2 Å². The second kappa shape index (κ2) is 6.33. The van der Waals surface area contributed by atoms with Gasteiger partial charge >= 0.3 is 11.8 Å². The number of benzene rings is 1. The van der Waals surface area contributed by atoms with Crippen LogP contribution in [0, 0.1) is 10.1 Å². The first-order valence-corrected chi connectivity index (χ1v) is 5.39. The lowest BCUT2D eigenvalue weighted by atomic mass is 10.2. The van der Waals surface area contributed by atoms with Crippen molar-refractivity contribution in [2.75, 3.05) is 11.9 Å². The van der Waals surface area contributed by atoms with Gasteiger partial charge in [-0.1, -0.05) is 19.1 Å². The molecule has 0 bridgehead atoms. The van der Waals surface area contributed by atoms with Crippen LogP contribution in [0.15, 0.2) is 24.3 Å². The van der Waals surface area contributed by atoms with Crippen molar-refractivity contribution in [1.82, 2.24) is 5.32 Å². The summed E-state index contributed by atoms with van der Waals surface area (Å²) >= 11 is 0. The molecule has 1 rings (SSSR count). The smallest absolute Gasteiger partial charge is 0.313 e. The Hall–Kier alpha value is -2.44. The number of nitro groups is 1. The number of hydrogen-bond donors (Lipinski definition) is 2. The fraction of sp³-hybridized carbons (Fsp3) is 0.273. The van der Waals surface area contributed by atoms with E-state index in [1.165, 1.54) is 24.3 Å². The van der Waals surface area contributed by atoms with Crippen molar-refractivity contribution in [2.45, 2.75) is 13.3 Å². The summed E-state index contributed by atoms with van der Waals surface area (Å²) in [6.07, 6.45) is 0.699. The highest BCUT2D eigenvalue weighted by molar-refractivity contribution is 6.39. The maximum atomic E-state index is 11.4. The quantitative estimate of drug-likeness (QED) is 0.474. The van der Waals surface area contributed by atoms with E-state index in [1.807, 2.05) is 6.92 Å². The van der Waals surface area contributed by atoms with E-state index in [-0.39, 0.29) is 11.4 Å². The maximum absolute atomic E-state index is 11.4. The van der Waals surface area contributed by atoms with Gasteiger partial charge in [0.2, 0.25) is 0 Å². The Kier molecular flexibility index (Phi) is 4.79. The standard InChI is InChI=1S/C11H13N3O4/c1-2-7-12-10(15)11(16)13-8-5-3-4-6-9(8)14(17)18/h3-6H,2,7H2,1H3,(H,12,15)(H,13,16). The number of rotatable bonds is 4. The Morgan fingerprint density at radius 2 is 1.94 bits per heavy atom. The summed E-state index contributed by atoms with van der Waals surface area (Å²) in [5.41, 5.74) is -0.256. The van der Waals surface area contributed by atoms with E-state index in [0.29, 0.717) is 13.0 Å². The van der Waals surface area contributed by atoms with E-state index in [9.17, 15) is 19.7 Å². The van der Waals surface area contributed by atoms with Crippen LogP contribution < -0.4 is 10.6 Å². The van der Waals surface area contributed by atoms with Gasteiger partial charge in [-0.15, -0.1) is 0 Å². The van der Waals surface area contributed by atoms with Gasteiger partial charge in [0.05, 0.1) is 4.92 Å². The minimum absolute atomic E-state index is 0.000788. The largest absolute Gasteiger partial charge is 0.348 e. The van der Waals surface area contributed by atoms with Crippen molar-refractivity contribution in [2.24, 2.45) is 0 Å². The van der Waals surface area contributed by atoms with Gasteiger partial charge in [-0.25, -0.2) is 0 Å². The molecule has 0 saturated heterocycles. The minimum atomic E-state index is -0.919. The maximum Gasteiger partial charge on any atom is 0.313 e. The van der Waals surface area contributed by atoms with E-state index >= 15 is 0 Å². The number of para-hydroxylation sites is 2. The molecule has 18 heavy (non-hydrogen) atoms. The Bertz CT molecular complexity index is 473. The molecule has 0 aliphatic carbocycles. The van der Waals surface area contributed by atoms with E-state index in [1.54, 1.807) is 0 Å². The van der Waals surface area contributed by atoms with Gasteiger partial charge < -0.3 is 10.6 Å². The van der Waals surface area contributed by atoms with Gasteiger partial charge in [-0.3, -0.25) is 19.7 Å². The van der Waals surface area contributed by atoms with E-state index in [2.05, 4.69) is 10.6 Å². The van der Waals surface area contributed by atoms with Crippen LogP contribution in [0.4, 0.5) is 11.4 Å². The molecule has 1 aromatic carbocycles. The second-order valence-corrected chi connectivity index (χ2v) is 3.48. The van der Waals surface area contributed by atoms with Crippen LogP contribution >= 0.6 is 0 Å². The normalized spacial score (nSPS) is 9.61. The van der Waals surface area contributed by atoms with Crippen LogP contribution in [0.25, 0.3) is 0 Å². The highest BCUT2D eigenvalue weighted by atomic mass is 16.6. The number of amides is 2. The van der Waals surface area contributed by atoms with Crippen LogP contribution in [-0.4, -0.2) is 23.3 Å². The molecular weight excluding hydrogens is 238 g/mol. The molecular formula is C11H13N3O4. The highest BCUT2D eigenvalue weighted by Gasteiger charge is 2.18. The lowest BCUT2D eigenvalue weighted by Crippen LogP contribution is -2.35. The molecule has 0 aromatic heterocycles. The summed E-state index contributed by atoms with van der Waals surface area (Å²) in [5.74, 6) is -1.73. The lowest BCUT2D eigenvalue weighted by molar-refractivity contribution is -0.383. The van der Waals surface area contributed by atoms with Gasteiger partial charge in [0, 0.05) is 12.6 Å². The molecule has 0 radical (unpaired) electrons. The molecule has 0 aliphatic heterocycles. The molecule has 96 valence electrons. The first-order valence-electron chi connectivity index (χ1n) is 5.39. The van der Waals surface area contributed by atoms with Crippen molar-refractivity contribution in [3.63, 3.8) is 0 Å². The summed E-state index contributed by atoms with van der Waals surface area (Å²) in [6, 6.07) is 5.63. The SMILES string of the molecule is CCCNC(=O)C(=O)Nc1ccccc1[N+](=O)[O-]. The van der Waals surface area contributed by atoms with E-state index in [0.717, 1.165) is 0 Å². The lowest BCUT2D eigenvalue weighted by Gasteiger charge is -2.05. The number of anilines is 1. The molecule has 7 nitrogen and oxygen atoms in total. The second-order valence-electron chi connectivity index (χ2n) is 3.48. The minimum Gasteiger partial charge on any atom is -0.348 e. The monoisotopic (exact) mass is 251 g/mol. The average Bonchev–Trinajstić information content (AvgIpc) is 2.36.